The number of rotatable bonds is 7. The Morgan fingerprint density at radius 3 is 2.61 bits per heavy atom. The van der Waals surface area contributed by atoms with Gasteiger partial charge in [-0.25, -0.2) is 19.7 Å². The molecule has 1 aliphatic heterocycles. The summed E-state index contributed by atoms with van der Waals surface area (Å²) in [6.45, 7) is 4.64. The number of ether oxygens (including phenoxy) is 1. The second-order valence-electron chi connectivity index (χ2n) is 9.44. The third kappa shape index (κ3) is 4.83. The van der Waals surface area contributed by atoms with Crippen molar-refractivity contribution in [1.29, 1.82) is 0 Å². The van der Waals surface area contributed by atoms with E-state index in [0.717, 1.165) is 31.4 Å². The lowest BCUT2D eigenvalue weighted by molar-refractivity contribution is 0.0981. The van der Waals surface area contributed by atoms with Gasteiger partial charge in [0.1, 0.15) is 11.6 Å². The molecule has 0 unspecified atom stereocenters. The number of piperidine rings is 1. The summed E-state index contributed by atoms with van der Waals surface area (Å²) in [4.78, 5) is 28.4. The normalized spacial score (nSPS) is 19.0. The number of nitrogen functional groups attached to an aromatic ring is 1. The lowest BCUT2D eigenvalue weighted by Crippen LogP contribution is -2.37. The first-order valence-electron chi connectivity index (χ1n) is 11.9. The summed E-state index contributed by atoms with van der Waals surface area (Å²) in [6.07, 6.45) is 4.90. The molecular weight excluding hydrogens is 480 g/mol. The molecule has 2 atom stereocenters. The van der Waals surface area contributed by atoms with Crippen LogP contribution in [-0.4, -0.2) is 48.0 Å². The van der Waals surface area contributed by atoms with Gasteiger partial charge in [0.15, 0.2) is 5.03 Å². The van der Waals surface area contributed by atoms with Gasteiger partial charge in [-0.05, 0) is 69.4 Å². The number of hydrogen-bond donors (Lipinski definition) is 2. The van der Waals surface area contributed by atoms with Crippen molar-refractivity contribution in [2.24, 2.45) is 5.92 Å². The fourth-order valence-electron chi connectivity index (χ4n) is 4.84. The Labute approximate surface area is 210 Å². The quantitative estimate of drug-likeness (QED) is 0.493. The topological polar surface area (TPSA) is 140 Å². The van der Waals surface area contributed by atoms with E-state index >= 15 is 0 Å². The van der Waals surface area contributed by atoms with Crippen LogP contribution in [0.1, 0.15) is 43.5 Å². The summed E-state index contributed by atoms with van der Waals surface area (Å²) in [6, 6.07) is 11.4. The molecule has 188 valence electrons. The summed E-state index contributed by atoms with van der Waals surface area (Å²) in [7, 11) is -4.22. The van der Waals surface area contributed by atoms with Crippen LogP contribution in [0, 0.1) is 5.92 Å². The van der Waals surface area contributed by atoms with E-state index in [4.69, 9.17) is 15.5 Å². The molecule has 4 heterocycles. The molecule has 10 nitrogen and oxygen atoms in total. The SMILES string of the molecule is CC(C)Oc1ccc(-c2ccc(C(=O)NS(=O)(=O)c3cccc(N)n3)c(N3C[C@@H]4CC[C@H]3C4)n2)cn1. The molecule has 11 heteroatoms. The van der Waals surface area contributed by atoms with Crippen molar-refractivity contribution >= 4 is 27.6 Å². The number of amides is 1. The molecule has 0 radical (unpaired) electrons. The fourth-order valence-corrected chi connectivity index (χ4v) is 5.78. The van der Waals surface area contributed by atoms with E-state index in [-0.39, 0.29) is 28.6 Å². The van der Waals surface area contributed by atoms with Crippen molar-refractivity contribution in [3.8, 4) is 17.1 Å². The van der Waals surface area contributed by atoms with Gasteiger partial charge in [0.2, 0.25) is 5.88 Å². The van der Waals surface area contributed by atoms with Crippen LogP contribution in [0.25, 0.3) is 11.3 Å². The van der Waals surface area contributed by atoms with Crippen molar-refractivity contribution < 1.29 is 17.9 Å². The third-order valence-corrected chi connectivity index (χ3v) is 7.67. The van der Waals surface area contributed by atoms with E-state index in [9.17, 15) is 13.2 Å². The van der Waals surface area contributed by atoms with Crippen molar-refractivity contribution in [3.63, 3.8) is 0 Å². The van der Waals surface area contributed by atoms with Crippen molar-refractivity contribution in [3.05, 3.63) is 54.2 Å². The standard InChI is InChI=1S/C25H28N6O4S/c1-15(2)35-22-11-7-17(13-27-22)20-10-9-19(24(28-20)31-14-16-6-8-18(31)12-16)25(32)30-36(33,34)23-5-3-4-21(26)29-23/h3-5,7,9-11,13,15-16,18H,6,8,12,14H2,1-2H3,(H2,26,29)(H,30,32)/t16-,18+/m1/s1. The molecule has 2 fully saturated rings. The minimum atomic E-state index is -4.22. The summed E-state index contributed by atoms with van der Waals surface area (Å²) >= 11 is 0. The second-order valence-corrected chi connectivity index (χ2v) is 11.1. The van der Waals surface area contributed by atoms with Crippen LogP contribution < -0.4 is 20.1 Å². The number of anilines is 2. The Bertz CT molecular complexity index is 1390. The van der Waals surface area contributed by atoms with Gasteiger partial charge in [-0.1, -0.05) is 6.07 Å². The summed E-state index contributed by atoms with van der Waals surface area (Å²) in [5.41, 5.74) is 7.21. The van der Waals surface area contributed by atoms with E-state index < -0.39 is 15.9 Å². The molecule has 0 aromatic carbocycles. The minimum Gasteiger partial charge on any atom is -0.475 e. The van der Waals surface area contributed by atoms with Gasteiger partial charge in [-0.15, -0.1) is 0 Å². The number of carbonyl (C=O) groups excluding carboxylic acids is 1. The molecule has 3 aromatic heterocycles. The van der Waals surface area contributed by atoms with Gasteiger partial charge < -0.3 is 15.4 Å². The zero-order valence-electron chi connectivity index (χ0n) is 20.1. The van der Waals surface area contributed by atoms with Crippen LogP contribution in [0.2, 0.25) is 0 Å². The molecule has 36 heavy (non-hydrogen) atoms. The van der Waals surface area contributed by atoms with Crippen LogP contribution >= 0.6 is 0 Å². The number of nitrogens with two attached hydrogens (primary N) is 1. The number of nitrogens with zero attached hydrogens (tertiary/aromatic N) is 4. The Kier molecular flexibility index (Phi) is 6.25. The van der Waals surface area contributed by atoms with Crippen LogP contribution in [0.4, 0.5) is 11.6 Å². The minimum absolute atomic E-state index is 0.00951. The molecule has 5 rings (SSSR count). The Morgan fingerprint density at radius 1 is 1.14 bits per heavy atom. The number of fused-ring (bicyclic) bond motifs is 2. The first-order valence-corrected chi connectivity index (χ1v) is 13.4. The smallest absolute Gasteiger partial charge is 0.281 e. The highest BCUT2D eigenvalue weighted by atomic mass is 32.2. The maximum Gasteiger partial charge on any atom is 0.281 e. The van der Waals surface area contributed by atoms with Crippen LogP contribution in [0.3, 0.4) is 0 Å². The van der Waals surface area contributed by atoms with Gasteiger partial charge in [-0.2, -0.15) is 8.42 Å². The maximum absolute atomic E-state index is 13.3. The Hall–Kier alpha value is -3.73. The van der Waals surface area contributed by atoms with Gasteiger partial charge >= 0.3 is 0 Å². The van der Waals surface area contributed by atoms with Gasteiger partial charge in [0, 0.05) is 30.4 Å². The van der Waals surface area contributed by atoms with E-state index in [0.29, 0.717) is 23.3 Å². The number of hydrogen-bond acceptors (Lipinski definition) is 9. The van der Waals surface area contributed by atoms with Crippen molar-refractivity contribution in [1.82, 2.24) is 19.7 Å². The zero-order chi connectivity index (χ0) is 25.4. The van der Waals surface area contributed by atoms with E-state index in [1.807, 2.05) is 19.9 Å². The maximum atomic E-state index is 13.3. The van der Waals surface area contributed by atoms with Crippen molar-refractivity contribution in [2.45, 2.75) is 50.3 Å². The number of sulfonamides is 1. The fraction of sp³-hybridized carbons (Fsp3) is 0.360. The highest BCUT2D eigenvalue weighted by Crippen LogP contribution is 2.41. The summed E-state index contributed by atoms with van der Waals surface area (Å²) in [5, 5.41) is -0.322. The molecule has 3 N–H and O–H groups in total. The average Bonchev–Trinajstić information content (AvgIpc) is 3.47. The van der Waals surface area contributed by atoms with Gasteiger partial charge in [0.05, 0.1) is 17.4 Å². The van der Waals surface area contributed by atoms with Gasteiger partial charge in [-0.3, -0.25) is 4.79 Å². The second kappa shape index (κ2) is 9.38. The largest absolute Gasteiger partial charge is 0.475 e. The number of carbonyl (C=O) groups is 1. The average molecular weight is 509 g/mol. The zero-order valence-corrected chi connectivity index (χ0v) is 20.9. The monoisotopic (exact) mass is 508 g/mol. The number of nitrogens with one attached hydrogen (secondary N) is 1. The summed E-state index contributed by atoms with van der Waals surface area (Å²) in [5.74, 6) is 0.807. The number of aromatic nitrogens is 3. The predicted octanol–water partition coefficient (Wildman–Crippen LogP) is 3.02. The van der Waals surface area contributed by atoms with Crippen LogP contribution in [0.5, 0.6) is 5.88 Å². The van der Waals surface area contributed by atoms with Gasteiger partial charge in [0.25, 0.3) is 15.9 Å². The molecule has 2 bridgehead atoms. The van der Waals surface area contributed by atoms with E-state index in [1.54, 1.807) is 24.4 Å². The molecule has 2 aliphatic rings. The first kappa shape index (κ1) is 24.0. The molecule has 1 amide bonds. The van der Waals surface area contributed by atoms with Crippen LogP contribution in [-0.2, 0) is 10.0 Å². The highest BCUT2D eigenvalue weighted by Gasteiger charge is 2.40. The molecule has 1 saturated carbocycles. The van der Waals surface area contributed by atoms with Crippen LogP contribution in [0.15, 0.2) is 53.7 Å². The Balaban J connectivity index is 1.48. The van der Waals surface area contributed by atoms with E-state index in [1.165, 1.54) is 18.2 Å². The molecular formula is C25H28N6O4S. The van der Waals surface area contributed by atoms with Crippen molar-refractivity contribution in [2.75, 3.05) is 17.2 Å². The van der Waals surface area contributed by atoms with E-state index in [2.05, 4.69) is 19.6 Å². The first-order chi connectivity index (χ1) is 17.2. The Morgan fingerprint density at radius 2 is 1.97 bits per heavy atom. The molecule has 1 saturated heterocycles. The lowest BCUT2D eigenvalue weighted by Gasteiger charge is -2.30. The lowest BCUT2D eigenvalue weighted by atomic mass is 10.1. The molecule has 0 spiro atoms. The molecule has 1 aliphatic carbocycles. The number of pyridine rings is 3. The highest BCUT2D eigenvalue weighted by molar-refractivity contribution is 7.90. The molecule has 3 aromatic rings. The summed E-state index contributed by atoms with van der Waals surface area (Å²) < 4.78 is 33.4. The predicted molar refractivity (Wildman–Crippen MR) is 135 cm³/mol. The third-order valence-electron chi connectivity index (χ3n) is 6.44.